The number of hydrogen-bond acceptors (Lipinski definition) is 5. The molecule has 0 aliphatic heterocycles. The van der Waals surface area contributed by atoms with E-state index < -0.39 is 11.7 Å². The molecule has 0 unspecified atom stereocenters. The summed E-state index contributed by atoms with van der Waals surface area (Å²) >= 11 is 0. The summed E-state index contributed by atoms with van der Waals surface area (Å²) in [5.41, 5.74) is 1.34. The fourth-order valence-corrected chi connectivity index (χ4v) is 3.10. The Hall–Kier alpha value is -3.29. The lowest BCUT2D eigenvalue weighted by Gasteiger charge is -2.15. The molecule has 3 rings (SSSR count). The molecule has 8 heteroatoms. The highest BCUT2D eigenvalue weighted by Gasteiger charge is 2.35. The number of ether oxygens (including phenoxy) is 1. The van der Waals surface area contributed by atoms with Gasteiger partial charge in [-0.2, -0.15) is 18.2 Å². The van der Waals surface area contributed by atoms with Gasteiger partial charge in [0.15, 0.2) is 0 Å². The minimum Gasteiger partial charge on any atom is -0.493 e. The van der Waals surface area contributed by atoms with Gasteiger partial charge in [-0.1, -0.05) is 39.8 Å². The van der Waals surface area contributed by atoms with Crippen LogP contribution in [0.2, 0.25) is 0 Å². The second-order valence-corrected chi connectivity index (χ2v) is 8.73. The second-order valence-electron chi connectivity index (χ2n) is 8.73. The highest BCUT2D eigenvalue weighted by atomic mass is 19.4. The normalized spacial score (nSPS) is 11.7. The summed E-state index contributed by atoms with van der Waals surface area (Å²) in [6.45, 7) is 8.95. The fourth-order valence-electron chi connectivity index (χ4n) is 3.10. The number of nitrogens with one attached hydrogen (secondary N) is 2. The van der Waals surface area contributed by atoms with Crippen molar-refractivity contribution in [1.82, 2.24) is 9.97 Å². The van der Waals surface area contributed by atoms with Gasteiger partial charge in [0.1, 0.15) is 17.1 Å². The second kappa shape index (κ2) is 10.6. The van der Waals surface area contributed by atoms with Crippen LogP contribution in [0, 0.1) is 11.8 Å². The van der Waals surface area contributed by atoms with Gasteiger partial charge >= 0.3 is 6.18 Å². The Morgan fingerprint density at radius 2 is 1.45 bits per heavy atom. The van der Waals surface area contributed by atoms with E-state index in [0.717, 1.165) is 18.2 Å². The first-order valence-corrected chi connectivity index (χ1v) is 10.9. The van der Waals surface area contributed by atoms with E-state index in [1.165, 1.54) is 0 Å². The van der Waals surface area contributed by atoms with E-state index in [0.29, 0.717) is 35.6 Å². The molecule has 5 nitrogen and oxygen atoms in total. The Bertz CT molecular complexity index is 1030. The lowest BCUT2D eigenvalue weighted by molar-refractivity contribution is -0.137. The van der Waals surface area contributed by atoms with Gasteiger partial charge in [0, 0.05) is 17.6 Å². The smallest absolute Gasteiger partial charge is 0.421 e. The molecule has 0 aliphatic carbocycles. The van der Waals surface area contributed by atoms with Gasteiger partial charge in [-0.15, -0.1) is 0 Å². The molecular weight excluding hydrogens is 429 g/mol. The van der Waals surface area contributed by atoms with Crippen molar-refractivity contribution >= 4 is 23.1 Å². The quantitative estimate of drug-likeness (QED) is 0.355. The van der Waals surface area contributed by atoms with Crippen LogP contribution >= 0.6 is 0 Å². The largest absolute Gasteiger partial charge is 0.493 e. The maximum Gasteiger partial charge on any atom is 0.421 e. The third-order valence-corrected chi connectivity index (χ3v) is 4.65. The average molecular weight is 459 g/mol. The Labute approximate surface area is 192 Å². The van der Waals surface area contributed by atoms with Crippen LogP contribution < -0.4 is 15.4 Å². The molecule has 0 spiro atoms. The van der Waals surface area contributed by atoms with Crippen molar-refractivity contribution in [1.29, 1.82) is 0 Å². The Morgan fingerprint density at radius 3 is 2.03 bits per heavy atom. The lowest BCUT2D eigenvalue weighted by atomic mass is 10.0. The molecule has 0 bridgehead atoms. The zero-order valence-electron chi connectivity index (χ0n) is 19.2. The van der Waals surface area contributed by atoms with Gasteiger partial charge in [0.05, 0.1) is 6.61 Å². The zero-order chi connectivity index (χ0) is 24.0. The molecule has 1 heterocycles. The number of halogens is 3. The highest BCUT2D eigenvalue weighted by molar-refractivity contribution is 5.63. The van der Waals surface area contributed by atoms with Crippen LogP contribution in [-0.2, 0) is 12.6 Å². The number of alkyl halides is 3. The molecule has 2 aromatic carbocycles. The van der Waals surface area contributed by atoms with E-state index in [2.05, 4.69) is 48.3 Å². The van der Waals surface area contributed by atoms with E-state index in [1.807, 2.05) is 12.1 Å². The Balaban J connectivity index is 1.78. The minimum atomic E-state index is -4.59. The van der Waals surface area contributed by atoms with Crippen LogP contribution in [-0.4, -0.2) is 16.6 Å². The molecule has 0 fully saturated rings. The van der Waals surface area contributed by atoms with Gasteiger partial charge in [-0.05, 0) is 60.2 Å². The summed E-state index contributed by atoms with van der Waals surface area (Å²) in [5.74, 6) is 1.35. The maximum absolute atomic E-state index is 13.5. The van der Waals surface area contributed by atoms with Crippen molar-refractivity contribution in [3.05, 3.63) is 65.9 Å². The predicted molar refractivity (Wildman–Crippen MR) is 125 cm³/mol. The number of hydrogen-bond donors (Lipinski definition) is 2. The molecule has 2 N–H and O–H groups in total. The third-order valence-electron chi connectivity index (χ3n) is 4.65. The van der Waals surface area contributed by atoms with Crippen molar-refractivity contribution in [2.45, 2.75) is 40.3 Å². The van der Waals surface area contributed by atoms with Crippen molar-refractivity contribution < 1.29 is 17.9 Å². The van der Waals surface area contributed by atoms with Gasteiger partial charge in [-0.3, -0.25) is 0 Å². The van der Waals surface area contributed by atoms with Crippen molar-refractivity contribution in [3.63, 3.8) is 0 Å². The molecule has 3 aromatic rings. The summed E-state index contributed by atoms with van der Waals surface area (Å²) < 4.78 is 46.3. The number of nitrogens with zero attached hydrogens (tertiary/aromatic N) is 2. The van der Waals surface area contributed by atoms with Crippen molar-refractivity contribution in [3.8, 4) is 5.75 Å². The molecule has 0 atom stereocenters. The van der Waals surface area contributed by atoms with Crippen LogP contribution in [0.3, 0.4) is 0 Å². The lowest BCUT2D eigenvalue weighted by Crippen LogP contribution is -2.12. The summed E-state index contributed by atoms with van der Waals surface area (Å²) in [4.78, 5) is 7.96. The first-order valence-electron chi connectivity index (χ1n) is 10.9. The van der Waals surface area contributed by atoms with E-state index in [-0.39, 0.29) is 11.8 Å². The molecule has 1 aromatic heterocycles. The van der Waals surface area contributed by atoms with Crippen LogP contribution in [0.25, 0.3) is 0 Å². The SMILES string of the molecule is CC(C)COc1ccc(Nc2ncc(C(F)(F)F)c(Nc3ccc(CC(C)C)cc3)n2)cc1. The van der Waals surface area contributed by atoms with Gasteiger partial charge < -0.3 is 15.4 Å². The summed E-state index contributed by atoms with van der Waals surface area (Å²) in [6, 6.07) is 14.4. The standard InChI is InChI=1S/C25H29F3N4O/c1-16(2)13-18-5-7-19(8-6-18)30-23-22(25(26,27)28)14-29-24(32-23)31-20-9-11-21(12-10-20)33-15-17(3)4/h5-12,14,16-17H,13,15H2,1-4H3,(H2,29,30,31,32). The minimum absolute atomic E-state index is 0.0535. The molecule has 33 heavy (non-hydrogen) atoms. The van der Waals surface area contributed by atoms with Gasteiger partial charge in [-0.25, -0.2) is 4.98 Å². The molecule has 0 radical (unpaired) electrons. The molecule has 0 aliphatic rings. The van der Waals surface area contributed by atoms with E-state index in [1.54, 1.807) is 36.4 Å². The van der Waals surface area contributed by atoms with Gasteiger partial charge in [0.2, 0.25) is 5.95 Å². The Kier molecular flexibility index (Phi) is 7.79. The summed E-state index contributed by atoms with van der Waals surface area (Å²) in [7, 11) is 0. The molecular formula is C25H29F3N4O. The van der Waals surface area contributed by atoms with Crippen LogP contribution in [0.15, 0.2) is 54.7 Å². The molecule has 0 amide bonds. The number of benzene rings is 2. The first kappa shape index (κ1) is 24.4. The predicted octanol–water partition coefficient (Wildman–Crippen LogP) is 7.22. The Morgan fingerprint density at radius 1 is 0.848 bits per heavy atom. The van der Waals surface area contributed by atoms with E-state index in [9.17, 15) is 13.2 Å². The monoisotopic (exact) mass is 458 g/mol. The van der Waals surface area contributed by atoms with Crippen LogP contribution in [0.4, 0.5) is 36.3 Å². The topological polar surface area (TPSA) is 59.1 Å². The first-order chi connectivity index (χ1) is 15.6. The van der Waals surface area contributed by atoms with E-state index >= 15 is 0 Å². The molecule has 0 saturated heterocycles. The van der Waals surface area contributed by atoms with E-state index in [4.69, 9.17) is 4.74 Å². The number of aromatic nitrogens is 2. The molecule has 176 valence electrons. The number of rotatable bonds is 9. The van der Waals surface area contributed by atoms with Crippen molar-refractivity contribution in [2.75, 3.05) is 17.2 Å². The third kappa shape index (κ3) is 7.37. The summed E-state index contributed by atoms with van der Waals surface area (Å²) in [6.07, 6.45) is -2.91. The van der Waals surface area contributed by atoms with Crippen LogP contribution in [0.5, 0.6) is 5.75 Å². The maximum atomic E-state index is 13.5. The summed E-state index contributed by atoms with van der Waals surface area (Å²) in [5, 5.41) is 5.74. The van der Waals surface area contributed by atoms with Crippen LogP contribution in [0.1, 0.15) is 38.8 Å². The number of anilines is 4. The van der Waals surface area contributed by atoms with Gasteiger partial charge in [0.25, 0.3) is 0 Å². The highest BCUT2D eigenvalue weighted by Crippen LogP contribution is 2.35. The van der Waals surface area contributed by atoms with Crippen molar-refractivity contribution in [2.24, 2.45) is 11.8 Å². The fraction of sp³-hybridized carbons (Fsp3) is 0.360. The zero-order valence-corrected chi connectivity index (χ0v) is 19.2. The average Bonchev–Trinajstić information content (AvgIpc) is 2.73. The molecule has 0 saturated carbocycles.